The lowest BCUT2D eigenvalue weighted by Gasteiger charge is -2.21. The van der Waals surface area contributed by atoms with Gasteiger partial charge >= 0.3 is 0 Å². The van der Waals surface area contributed by atoms with E-state index in [1.165, 1.54) is 11.8 Å². The monoisotopic (exact) mass is 381 g/mol. The Bertz CT molecular complexity index is 865. The number of thioether (sulfide) groups is 1. The zero-order valence-corrected chi connectivity index (χ0v) is 16.1. The standard InChI is InChI=1S/C22H20ClNOS/c1-16-7-5-6-10-20(16)22(17-8-3-2-4-9-17)24-21(25)15-26-19-13-11-18(23)12-14-19/h2-14,22H,15H2,1H3,(H,24,25)/t22-/m1/s1. The van der Waals surface area contributed by atoms with Crippen LogP contribution in [0.5, 0.6) is 0 Å². The van der Waals surface area contributed by atoms with E-state index in [1.807, 2.05) is 66.7 Å². The Hall–Kier alpha value is -2.23. The number of halogens is 1. The molecule has 0 radical (unpaired) electrons. The molecule has 26 heavy (non-hydrogen) atoms. The Morgan fingerprint density at radius 3 is 2.31 bits per heavy atom. The smallest absolute Gasteiger partial charge is 0.231 e. The van der Waals surface area contributed by atoms with Gasteiger partial charge in [0.05, 0.1) is 11.8 Å². The lowest BCUT2D eigenvalue weighted by atomic mass is 9.95. The molecule has 1 N–H and O–H groups in total. The van der Waals surface area contributed by atoms with Crippen molar-refractivity contribution in [2.75, 3.05) is 5.75 Å². The third-order valence-electron chi connectivity index (χ3n) is 4.12. The third-order valence-corrected chi connectivity index (χ3v) is 5.39. The first kappa shape index (κ1) is 18.6. The summed E-state index contributed by atoms with van der Waals surface area (Å²) < 4.78 is 0. The van der Waals surface area contributed by atoms with E-state index in [0.29, 0.717) is 10.8 Å². The quantitative estimate of drug-likeness (QED) is 0.559. The van der Waals surface area contributed by atoms with Gasteiger partial charge in [-0.05, 0) is 47.9 Å². The predicted octanol–water partition coefficient (Wildman–Crippen LogP) is 5.65. The lowest BCUT2D eigenvalue weighted by Crippen LogP contribution is -2.31. The van der Waals surface area contributed by atoms with E-state index in [9.17, 15) is 4.79 Å². The van der Waals surface area contributed by atoms with E-state index >= 15 is 0 Å². The van der Waals surface area contributed by atoms with Crippen molar-refractivity contribution in [3.63, 3.8) is 0 Å². The van der Waals surface area contributed by atoms with E-state index < -0.39 is 0 Å². The highest BCUT2D eigenvalue weighted by atomic mass is 35.5. The Labute approximate surface area is 163 Å². The average Bonchev–Trinajstić information content (AvgIpc) is 2.67. The van der Waals surface area contributed by atoms with Gasteiger partial charge in [-0.3, -0.25) is 4.79 Å². The van der Waals surface area contributed by atoms with Gasteiger partial charge < -0.3 is 5.32 Å². The molecule has 0 unspecified atom stereocenters. The normalized spacial score (nSPS) is 11.8. The number of benzene rings is 3. The molecule has 4 heteroatoms. The first-order valence-corrected chi connectivity index (χ1v) is 9.78. The molecule has 0 heterocycles. The highest BCUT2D eigenvalue weighted by molar-refractivity contribution is 8.00. The summed E-state index contributed by atoms with van der Waals surface area (Å²) in [6.45, 7) is 2.07. The molecule has 0 bridgehead atoms. The predicted molar refractivity (Wildman–Crippen MR) is 110 cm³/mol. The zero-order chi connectivity index (χ0) is 18.4. The van der Waals surface area contributed by atoms with Gasteiger partial charge in [0.25, 0.3) is 0 Å². The highest BCUT2D eigenvalue weighted by Crippen LogP contribution is 2.26. The first-order valence-electron chi connectivity index (χ1n) is 8.41. The fourth-order valence-corrected chi connectivity index (χ4v) is 3.61. The zero-order valence-electron chi connectivity index (χ0n) is 14.5. The summed E-state index contributed by atoms with van der Waals surface area (Å²) in [6, 6.07) is 25.6. The molecule has 0 aromatic heterocycles. The lowest BCUT2D eigenvalue weighted by molar-refractivity contribution is -0.119. The van der Waals surface area contributed by atoms with Crippen LogP contribution in [0.15, 0.2) is 83.8 Å². The van der Waals surface area contributed by atoms with Crippen molar-refractivity contribution in [3.8, 4) is 0 Å². The van der Waals surface area contributed by atoms with Gasteiger partial charge in [-0.1, -0.05) is 66.2 Å². The van der Waals surface area contributed by atoms with Crippen molar-refractivity contribution in [2.24, 2.45) is 0 Å². The van der Waals surface area contributed by atoms with E-state index in [4.69, 9.17) is 11.6 Å². The van der Waals surface area contributed by atoms with Crippen LogP contribution in [0.1, 0.15) is 22.7 Å². The summed E-state index contributed by atoms with van der Waals surface area (Å²) in [7, 11) is 0. The van der Waals surface area contributed by atoms with Crippen LogP contribution in [0.4, 0.5) is 0 Å². The average molecular weight is 382 g/mol. The topological polar surface area (TPSA) is 29.1 Å². The Morgan fingerprint density at radius 2 is 1.62 bits per heavy atom. The minimum atomic E-state index is -0.157. The Kier molecular flexibility index (Phi) is 6.37. The number of carbonyl (C=O) groups excluding carboxylic acids is 1. The van der Waals surface area contributed by atoms with Gasteiger partial charge in [0.1, 0.15) is 0 Å². The summed E-state index contributed by atoms with van der Waals surface area (Å²) in [6.07, 6.45) is 0. The maximum absolute atomic E-state index is 12.6. The minimum absolute atomic E-state index is 0.00190. The maximum atomic E-state index is 12.6. The van der Waals surface area contributed by atoms with Crippen LogP contribution in [0.25, 0.3) is 0 Å². The molecule has 0 spiro atoms. The molecule has 132 valence electrons. The molecule has 0 aliphatic rings. The minimum Gasteiger partial charge on any atom is -0.344 e. The highest BCUT2D eigenvalue weighted by Gasteiger charge is 2.18. The molecule has 3 rings (SSSR count). The van der Waals surface area contributed by atoms with Gasteiger partial charge in [0.2, 0.25) is 5.91 Å². The fraction of sp³-hybridized carbons (Fsp3) is 0.136. The number of aryl methyl sites for hydroxylation is 1. The van der Waals surface area contributed by atoms with Crippen LogP contribution >= 0.6 is 23.4 Å². The molecular weight excluding hydrogens is 362 g/mol. The molecule has 0 fully saturated rings. The van der Waals surface area contributed by atoms with E-state index in [0.717, 1.165) is 21.6 Å². The summed E-state index contributed by atoms with van der Waals surface area (Å²) in [5.41, 5.74) is 3.35. The molecule has 1 amide bonds. The number of rotatable bonds is 6. The van der Waals surface area contributed by atoms with Gasteiger partial charge in [-0.15, -0.1) is 11.8 Å². The molecule has 0 aliphatic heterocycles. The summed E-state index contributed by atoms with van der Waals surface area (Å²) in [5.74, 6) is 0.360. The molecule has 3 aromatic rings. The molecule has 2 nitrogen and oxygen atoms in total. The van der Waals surface area contributed by atoms with E-state index in [2.05, 4.69) is 24.4 Å². The largest absolute Gasteiger partial charge is 0.344 e. The van der Waals surface area contributed by atoms with Crippen molar-refractivity contribution < 1.29 is 4.79 Å². The molecule has 0 saturated carbocycles. The second-order valence-corrected chi connectivity index (χ2v) is 7.50. The van der Waals surface area contributed by atoms with Crippen molar-refractivity contribution >= 4 is 29.3 Å². The summed E-state index contributed by atoms with van der Waals surface area (Å²) in [4.78, 5) is 13.6. The number of amides is 1. The number of hydrogen-bond acceptors (Lipinski definition) is 2. The Balaban J connectivity index is 1.74. The van der Waals surface area contributed by atoms with Crippen molar-refractivity contribution in [1.82, 2.24) is 5.32 Å². The van der Waals surface area contributed by atoms with Crippen molar-refractivity contribution in [3.05, 3.63) is 101 Å². The van der Waals surface area contributed by atoms with Crippen LogP contribution in [0.2, 0.25) is 5.02 Å². The number of carbonyl (C=O) groups is 1. The molecule has 0 saturated heterocycles. The number of hydrogen-bond donors (Lipinski definition) is 1. The van der Waals surface area contributed by atoms with Gasteiger partial charge in [0, 0.05) is 9.92 Å². The van der Waals surface area contributed by atoms with Crippen LogP contribution in [0.3, 0.4) is 0 Å². The molecule has 0 aliphatic carbocycles. The molecule has 3 aromatic carbocycles. The van der Waals surface area contributed by atoms with Crippen LogP contribution in [-0.2, 0) is 4.79 Å². The van der Waals surface area contributed by atoms with Crippen LogP contribution in [-0.4, -0.2) is 11.7 Å². The van der Waals surface area contributed by atoms with Crippen LogP contribution < -0.4 is 5.32 Å². The fourth-order valence-electron chi connectivity index (χ4n) is 2.78. The third kappa shape index (κ3) is 4.90. The van der Waals surface area contributed by atoms with Crippen molar-refractivity contribution in [2.45, 2.75) is 17.9 Å². The SMILES string of the molecule is Cc1ccccc1[C@H](NC(=O)CSc1ccc(Cl)cc1)c1ccccc1. The summed E-state index contributed by atoms with van der Waals surface area (Å²) >= 11 is 7.41. The number of nitrogens with one attached hydrogen (secondary N) is 1. The van der Waals surface area contributed by atoms with Gasteiger partial charge in [-0.2, -0.15) is 0 Å². The second-order valence-electron chi connectivity index (χ2n) is 6.01. The second kappa shape index (κ2) is 8.93. The summed E-state index contributed by atoms with van der Waals surface area (Å²) in [5, 5.41) is 3.88. The Morgan fingerprint density at radius 1 is 0.962 bits per heavy atom. The van der Waals surface area contributed by atoms with Crippen LogP contribution in [0, 0.1) is 6.92 Å². The maximum Gasteiger partial charge on any atom is 0.231 e. The van der Waals surface area contributed by atoms with Gasteiger partial charge in [0.15, 0.2) is 0 Å². The van der Waals surface area contributed by atoms with Crippen molar-refractivity contribution in [1.29, 1.82) is 0 Å². The first-order chi connectivity index (χ1) is 12.6. The molecular formula is C22H20ClNOS. The molecule has 1 atom stereocenters. The van der Waals surface area contributed by atoms with Gasteiger partial charge in [-0.25, -0.2) is 0 Å². The van der Waals surface area contributed by atoms with E-state index in [-0.39, 0.29) is 11.9 Å². The van der Waals surface area contributed by atoms with E-state index in [1.54, 1.807) is 0 Å².